The molecule has 0 spiro atoms. The minimum absolute atomic E-state index is 0.0168. The normalized spacial score (nSPS) is 18.6. The van der Waals surface area contributed by atoms with E-state index < -0.39 is 5.97 Å². The number of hydrogen-bond acceptors (Lipinski definition) is 3. The van der Waals surface area contributed by atoms with Gasteiger partial charge in [0.15, 0.2) is 0 Å². The third-order valence-electron chi connectivity index (χ3n) is 3.37. The highest BCUT2D eigenvalue weighted by Gasteiger charge is 2.31. The minimum Gasteiger partial charge on any atom is -0.507 e. The van der Waals surface area contributed by atoms with Crippen LogP contribution in [-0.2, 0) is 4.74 Å². The molecule has 2 rings (SSSR count). The molecule has 1 fully saturated rings. The highest BCUT2D eigenvalue weighted by molar-refractivity contribution is 5.92. The molecule has 0 unspecified atom stereocenters. The standard InChI is InChI=1S/C14H18O3/c1-14(9-5-2-6-10-14)17-13(16)11-7-3-4-8-12(11)15/h3-4,7-8,15H,2,5-6,9-10H2,1H3. The van der Waals surface area contributed by atoms with Crippen LogP contribution in [0.2, 0.25) is 0 Å². The number of carbonyl (C=O) groups excluding carboxylic acids is 1. The molecule has 1 aromatic carbocycles. The van der Waals surface area contributed by atoms with Gasteiger partial charge in [0.05, 0.1) is 0 Å². The van der Waals surface area contributed by atoms with Crippen molar-refractivity contribution in [3.05, 3.63) is 29.8 Å². The molecule has 1 saturated carbocycles. The van der Waals surface area contributed by atoms with Crippen LogP contribution >= 0.6 is 0 Å². The molecule has 0 aromatic heterocycles. The maximum atomic E-state index is 12.0. The second-order valence-electron chi connectivity index (χ2n) is 4.92. The molecule has 1 aliphatic carbocycles. The lowest BCUT2D eigenvalue weighted by Gasteiger charge is -2.33. The van der Waals surface area contributed by atoms with E-state index in [4.69, 9.17) is 4.74 Å². The number of phenolic OH excluding ortho intramolecular Hbond substituents is 1. The van der Waals surface area contributed by atoms with E-state index in [9.17, 15) is 9.90 Å². The highest BCUT2D eigenvalue weighted by atomic mass is 16.6. The number of esters is 1. The summed E-state index contributed by atoms with van der Waals surface area (Å²) in [6, 6.07) is 6.50. The third-order valence-corrected chi connectivity index (χ3v) is 3.37. The largest absolute Gasteiger partial charge is 0.507 e. The molecule has 1 N–H and O–H groups in total. The van der Waals surface area contributed by atoms with Gasteiger partial charge in [-0.3, -0.25) is 0 Å². The van der Waals surface area contributed by atoms with Gasteiger partial charge >= 0.3 is 5.97 Å². The lowest BCUT2D eigenvalue weighted by molar-refractivity contribution is -0.0271. The van der Waals surface area contributed by atoms with Gasteiger partial charge in [-0.1, -0.05) is 18.6 Å². The van der Waals surface area contributed by atoms with Gasteiger partial charge in [0.2, 0.25) is 0 Å². The van der Waals surface area contributed by atoms with Crippen molar-refractivity contribution in [2.45, 2.75) is 44.6 Å². The van der Waals surface area contributed by atoms with Crippen LogP contribution in [0.1, 0.15) is 49.4 Å². The number of hydrogen-bond donors (Lipinski definition) is 1. The summed E-state index contributed by atoms with van der Waals surface area (Å²) in [5, 5.41) is 9.59. The maximum absolute atomic E-state index is 12.0. The van der Waals surface area contributed by atoms with E-state index in [0.717, 1.165) is 25.7 Å². The topological polar surface area (TPSA) is 46.5 Å². The molecule has 17 heavy (non-hydrogen) atoms. The summed E-state index contributed by atoms with van der Waals surface area (Å²) >= 11 is 0. The molecule has 3 heteroatoms. The summed E-state index contributed by atoms with van der Waals surface area (Å²) in [4.78, 5) is 12.0. The first-order valence-electron chi connectivity index (χ1n) is 6.12. The number of para-hydroxylation sites is 1. The van der Waals surface area contributed by atoms with E-state index in [0.29, 0.717) is 0 Å². The Kier molecular flexibility index (Phi) is 3.36. The Bertz CT molecular complexity index is 406. The molecular weight excluding hydrogens is 216 g/mol. The second kappa shape index (κ2) is 4.78. The third kappa shape index (κ3) is 2.78. The van der Waals surface area contributed by atoms with E-state index in [1.807, 2.05) is 6.92 Å². The zero-order valence-corrected chi connectivity index (χ0v) is 10.1. The fraction of sp³-hybridized carbons (Fsp3) is 0.500. The first-order chi connectivity index (χ1) is 8.11. The van der Waals surface area contributed by atoms with Crippen molar-refractivity contribution in [3.8, 4) is 5.75 Å². The summed E-state index contributed by atoms with van der Waals surface area (Å²) in [7, 11) is 0. The summed E-state index contributed by atoms with van der Waals surface area (Å²) in [5.41, 5.74) is -0.114. The first-order valence-corrected chi connectivity index (χ1v) is 6.12. The van der Waals surface area contributed by atoms with Crippen molar-refractivity contribution >= 4 is 5.97 Å². The number of carbonyl (C=O) groups is 1. The fourth-order valence-electron chi connectivity index (χ4n) is 2.33. The summed E-state index contributed by atoms with van der Waals surface area (Å²) in [5.74, 6) is -0.440. The van der Waals surface area contributed by atoms with Crippen molar-refractivity contribution in [2.75, 3.05) is 0 Å². The fourth-order valence-corrected chi connectivity index (χ4v) is 2.33. The average Bonchev–Trinajstić information content (AvgIpc) is 2.29. The van der Waals surface area contributed by atoms with Crippen molar-refractivity contribution in [1.82, 2.24) is 0 Å². The van der Waals surface area contributed by atoms with E-state index >= 15 is 0 Å². The molecular formula is C14H18O3. The van der Waals surface area contributed by atoms with Gasteiger partial charge in [0.25, 0.3) is 0 Å². The van der Waals surface area contributed by atoms with Gasteiger partial charge in [0.1, 0.15) is 16.9 Å². The van der Waals surface area contributed by atoms with Crippen LogP contribution in [0.15, 0.2) is 24.3 Å². The molecule has 3 nitrogen and oxygen atoms in total. The Labute approximate surface area is 101 Å². The molecule has 0 bridgehead atoms. The molecule has 92 valence electrons. The summed E-state index contributed by atoms with van der Waals surface area (Å²) in [6.45, 7) is 1.98. The minimum atomic E-state index is -0.424. The van der Waals surface area contributed by atoms with Gasteiger partial charge in [-0.05, 0) is 44.7 Å². The van der Waals surface area contributed by atoms with Gasteiger partial charge in [-0.15, -0.1) is 0 Å². The van der Waals surface area contributed by atoms with E-state index in [1.54, 1.807) is 18.2 Å². The van der Waals surface area contributed by atoms with Crippen molar-refractivity contribution in [2.24, 2.45) is 0 Å². The summed E-state index contributed by atoms with van der Waals surface area (Å²) < 4.78 is 5.55. The van der Waals surface area contributed by atoms with Crippen LogP contribution in [0.25, 0.3) is 0 Å². The average molecular weight is 234 g/mol. The molecule has 1 aliphatic rings. The molecule has 0 heterocycles. The van der Waals surface area contributed by atoms with Crippen LogP contribution in [0.5, 0.6) is 5.75 Å². The quantitative estimate of drug-likeness (QED) is 0.799. The lowest BCUT2D eigenvalue weighted by atomic mass is 9.86. The monoisotopic (exact) mass is 234 g/mol. The number of phenols is 1. The number of rotatable bonds is 2. The highest BCUT2D eigenvalue weighted by Crippen LogP contribution is 2.32. The molecule has 1 aromatic rings. The van der Waals surface area contributed by atoms with Gasteiger partial charge in [-0.2, -0.15) is 0 Å². The van der Waals surface area contributed by atoms with E-state index in [1.165, 1.54) is 12.5 Å². The zero-order valence-electron chi connectivity index (χ0n) is 10.1. The number of benzene rings is 1. The van der Waals surface area contributed by atoms with E-state index in [2.05, 4.69) is 0 Å². The molecule has 0 radical (unpaired) electrons. The van der Waals surface area contributed by atoms with Crippen molar-refractivity contribution < 1.29 is 14.6 Å². The SMILES string of the molecule is CC1(OC(=O)c2ccccc2O)CCCCC1. The summed E-state index contributed by atoms with van der Waals surface area (Å²) in [6.07, 6.45) is 5.23. The Morgan fingerprint density at radius 1 is 1.24 bits per heavy atom. The molecule has 0 saturated heterocycles. The molecule has 0 atom stereocenters. The van der Waals surface area contributed by atoms with Gasteiger partial charge in [-0.25, -0.2) is 4.79 Å². The van der Waals surface area contributed by atoms with Crippen LogP contribution in [0.4, 0.5) is 0 Å². The zero-order chi connectivity index (χ0) is 12.3. The Morgan fingerprint density at radius 2 is 1.88 bits per heavy atom. The predicted molar refractivity (Wildman–Crippen MR) is 65.0 cm³/mol. The van der Waals surface area contributed by atoms with Crippen LogP contribution < -0.4 is 0 Å². The van der Waals surface area contributed by atoms with Crippen molar-refractivity contribution in [1.29, 1.82) is 0 Å². The van der Waals surface area contributed by atoms with E-state index in [-0.39, 0.29) is 16.9 Å². The maximum Gasteiger partial charge on any atom is 0.342 e. The Balaban J connectivity index is 2.09. The number of ether oxygens (including phenoxy) is 1. The number of aromatic hydroxyl groups is 1. The Morgan fingerprint density at radius 3 is 2.53 bits per heavy atom. The van der Waals surface area contributed by atoms with Crippen molar-refractivity contribution in [3.63, 3.8) is 0 Å². The Hall–Kier alpha value is -1.51. The van der Waals surface area contributed by atoms with Crippen LogP contribution in [0.3, 0.4) is 0 Å². The lowest BCUT2D eigenvalue weighted by Crippen LogP contribution is -2.33. The van der Waals surface area contributed by atoms with Gasteiger partial charge < -0.3 is 9.84 Å². The van der Waals surface area contributed by atoms with Crippen LogP contribution in [-0.4, -0.2) is 16.7 Å². The molecule has 0 aliphatic heterocycles. The second-order valence-corrected chi connectivity index (χ2v) is 4.92. The predicted octanol–water partition coefficient (Wildman–Crippen LogP) is 3.27. The molecule has 0 amide bonds. The van der Waals surface area contributed by atoms with Gasteiger partial charge in [0, 0.05) is 0 Å². The smallest absolute Gasteiger partial charge is 0.342 e. The first kappa shape index (κ1) is 12.0. The van der Waals surface area contributed by atoms with Crippen LogP contribution in [0, 0.1) is 0 Å².